The van der Waals surface area contributed by atoms with Gasteiger partial charge < -0.3 is 10.1 Å². The minimum atomic E-state index is -0.835. The van der Waals surface area contributed by atoms with Crippen LogP contribution in [0.15, 0.2) is 48.5 Å². The molecule has 0 spiro atoms. The summed E-state index contributed by atoms with van der Waals surface area (Å²) in [4.78, 5) is 35.7. The molecule has 7 nitrogen and oxygen atoms in total. The van der Waals surface area contributed by atoms with Gasteiger partial charge in [0.2, 0.25) is 0 Å². The molecule has 8 heteroatoms. The predicted octanol–water partition coefficient (Wildman–Crippen LogP) is 1.99. The first kappa shape index (κ1) is 20.3. The van der Waals surface area contributed by atoms with Crippen molar-refractivity contribution in [2.24, 2.45) is 0 Å². The first-order valence-electron chi connectivity index (χ1n) is 8.20. The third-order valence-corrected chi connectivity index (χ3v) is 4.03. The molecule has 3 amide bonds. The van der Waals surface area contributed by atoms with E-state index in [9.17, 15) is 14.4 Å². The zero-order chi connectivity index (χ0) is 19.8. The fraction of sp³-hybridized carbons (Fsp3) is 0.211. The van der Waals surface area contributed by atoms with Crippen molar-refractivity contribution in [3.63, 3.8) is 0 Å². The summed E-state index contributed by atoms with van der Waals surface area (Å²) in [6.45, 7) is 3.04. The number of carbonyl (C=O) groups excluding carboxylic acids is 3. The molecule has 1 unspecified atom stereocenters. The molecular formula is C19H20ClN3O4. The Morgan fingerprint density at radius 1 is 1.07 bits per heavy atom. The van der Waals surface area contributed by atoms with E-state index >= 15 is 0 Å². The first-order valence-corrected chi connectivity index (χ1v) is 8.58. The second kappa shape index (κ2) is 9.59. The molecule has 0 heterocycles. The molecule has 0 aliphatic carbocycles. The molecule has 0 bridgehead atoms. The van der Waals surface area contributed by atoms with Crippen molar-refractivity contribution < 1.29 is 19.1 Å². The van der Waals surface area contributed by atoms with Crippen molar-refractivity contribution >= 4 is 29.3 Å². The minimum Gasteiger partial charge on any atom is -0.484 e. The lowest BCUT2D eigenvalue weighted by molar-refractivity contribution is -0.130. The zero-order valence-electron chi connectivity index (χ0n) is 14.9. The number of hydrazine groups is 1. The van der Waals surface area contributed by atoms with E-state index in [4.69, 9.17) is 16.3 Å². The Bertz CT molecular complexity index is 827. The maximum absolute atomic E-state index is 12.0. The maximum Gasteiger partial charge on any atom is 0.276 e. The molecule has 27 heavy (non-hydrogen) atoms. The van der Waals surface area contributed by atoms with E-state index < -0.39 is 17.9 Å². The van der Waals surface area contributed by atoms with Crippen molar-refractivity contribution in [1.29, 1.82) is 0 Å². The molecule has 2 aromatic rings. The van der Waals surface area contributed by atoms with Crippen molar-refractivity contribution in [3.05, 3.63) is 64.7 Å². The van der Waals surface area contributed by atoms with E-state index in [0.717, 1.165) is 5.56 Å². The summed E-state index contributed by atoms with van der Waals surface area (Å²) in [6.07, 6.45) is 0. The fourth-order valence-electron chi connectivity index (χ4n) is 2.07. The third-order valence-electron chi connectivity index (χ3n) is 3.60. The maximum atomic E-state index is 12.0. The number of amides is 3. The summed E-state index contributed by atoms with van der Waals surface area (Å²) in [5, 5.41) is 3.15. The van der Waals surface area contributed by atoms with Crippen LogP contribution in [-0.4, -0.2) is 30.4 Å². The summed E-state index contributed by atoms with van der Waals surface area (Å²) in [5.74, 6) is -1.000. The van der Waals surface area contributed by atoms with Gasteiger partial charge in [0.1, 0.15) is 11.8 Å². The van der Waals surface area contributed by atoms with E-state index in [1.807, 2.05) is 6.92 Å². The van der Waals surface area contributed by atoms with Gasteiger partial charge in [-0.1, -0.05) is 29.8 Å². The average molecular weight is 390 g/mol. The van der Waals surface area contributed by atoms with Gasteiger partial charge in [0.05, 0.1) is 0 Å². The van der Waals surface area contributed by atoms with Gasteiger partial charge in [0.25, 0.3) is 17.7 Å². The second-order valence-corrected chi connectivity index (χ2v) is 6.21. The number of hydrogen-bond acceptors (Lipinski definition) is 4. The summed E-state index contributed by atoms with van der Waals surface area (Å²) < 4.78 is 5.33. The smallest absolute Gasteiger partial charge is 0.276 e. The van der Waals surface area contributed by atoms with Crippen LogP contribution in [0.1, 0.15) is 22.8 Å². The Labute approximate surface area is 162 Å². The Morgan fingerprint density at radius 2 is 1.78 bits per heavy atom. The van der Waals surface area contributed by atoms with Gasteiger partial charge in [0.15, 0.2) is 6.61 Å². The Balaban J connectivity index is 1.74. The van der Waals surface area contributed by atoms with Crippen LogP contribution in [0, 0.1) is 6.92 Å². The monoisotopic (exact) mass is 389 g/mol. The highest BCUT2D eigenvalue weighted by molar-refractivity contribution is 6.31. The summed E-state index contributed by atoms with van der Waals surface area (Å²) in [6, 6.07) is 12.7. The Morgan fingerprint density at radius 3 is 2.44 bits per heavy atom. The van der Waals surface area contributed by atoms with Crippen molar-refractivity contribution in [1.82, 2.24) is 16.2 Å². The molecule has 2 rings (SSSR count). The largest absolute Gasteiger partial charge is 0.484 e. The van der Waals surface area contributed by atoms with E-state index in [0.29, 0.717) is 16.3 Å². The van der Waals surface area contributed by atoms with Gasteiger partial charge in [0, 0.05) is 10.6 Å². The molecule has 3 N–H and O–H groups in total. The van der Waals surface area contributed by atoms with Crippen LogP contribution in [-0.2, 0) is 9.59 Å². The lowest BCUT2D eigenvalue weighted by Crippen LogP contribution is -2.51. The van der Waals surface area contributed by atoms with E-state index in [-0.39, 0.29) is 12.5 Å². The topological polar surface area (TPSA) is 96.5 Å². The normalized spacial score (nSPS) is 11.2. The number of hydrogen-bond donors (Lipinski definition) is 3. The van der Waals surface area contributed by atoms with E-state index in [1.54, 1.807) is 48.5 Å². The number of carbonyl (C=O) groups is 3. The third kappa shape index (κ3) is 6.31. The van der Waals surface area contributed by atoms with Crippen molar-refractivity contribution in [2.45, 2.75) is 19.9 Å². The van der Waals surface area contributed by atoms with Crippen LogP contribution in [0.25, 0.3) is 0 Å². The van der Waals surface area contributed by atoms with Gasteiger partial charge >= 0.3 is 0 Å². The number of aryl methyl sites for hydroxylation is 1. The van der Waals surface area contributed by atoms with Gasteiger partial charge in [-0.2, -0.15) is 0 Å². The lowest BCUT2D eigenvalue weighted by atomic mass is 10.2. The Kier molecular flexibility index (Phi) is 7.19. The number of benzene rings is 2. The number of ether oxygens (including phenoxy) is 1. The van der Waals surface area contributed by atoms with Crippen LogP contribution in [0.2, 0.25) is 5.02 Å². The Hall–Kier alpha value is -3.06. The average Bonchev–Trinajstić information content (AvgIpc) is 2.67. The molecule has 142 valence electrons. The molecule has 0 radical (unpaired) electrons. The van der Waals surface area contributed by atoms with Gasteiger partial charge in [-0.3, -0.25) is 25.2 Å². The molecule has 0 aromatic heterocycles. The standard InChI is InChI=1S/C19H20ClN3O4/c1-12-10-15(8-9-16(12)20)27-11-17(24)22-23-18(25)13(2)21-19(26)14-6-4-3-5-7-14/h3-10,13H,11H2,1-2H3,(H,21,26)(H,22,24)(H,23,25). The summed E-state index contributed by atoms with van der Waals surface area (Å²) in [7, 11) is 0. The van der Waals surface area contributed by atoms with Crippen molar-refractivity contribution in [2.75, 3.05) is 6.61 Å². The highest BCUT2D eigenvalue weighted by atomic mass is 35.5. The predicted molar refractivity (Wildman–Crippen MR) is 101 cm³/mol. The van der Waals surface area contributed by atoms with Crippen LogP contribution in [0.3, 0.4) is 0 Å². The zero-order valence-corrected chi connectivity index (χ0v) is 15.7. The fourth-order valence-corrected chi connectivity index (χ4v) is 2.18. The second-order valence-electron chi connectivity index (χ2n) is 5.80. The molecule has 2 aromatic carbocycles. The molecule has 0 aliphatic rings. The number of rotatable bonds is 6. The quantitative estimate of drug-likeness (QED) is 0.658. The molecule has 0 saturated carbocycles. The first-order chi connectivity index (χ1) is 12.9. The van der Waals surface area contributed by atoms with Gasteiger partial charge in [-0.25, -0.2) is 0 Å². The van der Waals surface area contributed by atoms with Crippen LogP contribution in [0.4, 0.5) is 0 Å². The molecule has 1 atom stereocenters. The van der Waals surface area contributed by atoms with Gasteiger partial charge in [-0.15, -0.1) is 0 Å². The summed E-state index contributed by atoms with van der Waals surface area (Å²) >= 11 is 5.92. The van der Waals surface area contributed by atoms with Crippen LogP contribution >= 0.6 is 11.6 Å². The number of halogens is 1. The van der Waals surface area contributed by atoms with Crippen molar-refractivity contribution in [3.8, 4) is 5.75 Å². The highest BCUT2D eigenvalue weighted by Gasteiger charge is 2.17. The molecule has 0 saturated heterocycles. The van der Waals surface area contributed by atoms with Crippen LogP contribution in [0.5, 0.6) is 5.75 Å². The molecule has 0 aliphatic heterocycles. The SMILES string of the molecule is Cc1cc(OCC(=O)NNC(=O)C(C)NC(=O)c2ccccc2)ccc1Cl. The summed E-state index contributed by atoms with van der Waals surface area (Å²) in [5.41, 5.74) is 5.74. The van der Waals surface area contributed by atoms with E-state index in [2.05, 4.69) is 16.2 Å². The highest BCUT2D eigenvalue weighted by Crippen LogP contribution is 2.20. The lowest BCUT2D eigenvalue weighted by Gasteiger charge is -2.15. The molecular weight excluding hydrogens is 370 g/mol. The molecule has 0 fully saturated rings. The minimum absolute atomic E-state index is 0.286. The van der Waals surface area contributed by atoms with E-state index in [1.165, 1.54) is 6.92 Å². The number of nitrogens with one attached hydrogen (secondary N) is 3. The van der Waals surface area contributed by atoms with Crippen LogP contribution < -0.4 is 20.9 Å². The van der Waals surface area contributed by atoms with Gasteiger partial charge in [-0.05, 0) is 49.7 Å².